The number of ether oxygens (including phenoxy) is 3. The molecule has 0 unspecified atom stereocenters. The third kappa shape index (κ3) is 2.78. The molecule has 0 spiro atoms. The van der Waals surface area contributed by atoms with Crippen molar-refractivity contribution in [1.82, 2.24) is 5.01 Å². The SMILES string of the molecule is Brc1ccc(C2=NN3[C@H](C2)c2ccccc2O[C@H]3c2ccc3c(c2)OCO3)cc1. The van der Waals surface area contributed by atoms with E-state index in [0.717, 1.165) is 45.0 Å². The summed E-state index contributed by atoms with van der Waals surface area (Å²) in [7, 11) is 0. The lowest BCUT2D eigenvalue weighted by Gasteiger charge is -2.38. The highest BCUT2D eigenvalue weighted by atomic mass is 79.9. The number of fused-ring (bicyclic) bond motifs is 4. The van der Waals surface area contributed by atoms with E-state index in [0.29, 0.717) is 0 Å². The van der Waals surface area contributed by atoms with Crippen molar-refractivity contribution < 1.29 is 14.2 Å². The predicted octanol–water partition coefficient (Wildman–Crippen LogP) is 5.42. The molecule has 0 N–H and O–H groups in total. The molecule has 0 saturated carbocycles. The molecule has 3 aliphatic heterocycles. The lowest BCUT2D eigenvalue weighted by molar-refractivity contribution is -0.0191. The molecule has 0 bridgehead atoms. The number of benzene rings is 3. The van der Waals surface area contributed by atoms with Crippen LogP contribution in [0.4, 0.5) is 0 Å². The van der Waals surface area contributed by atoms with Gasteiger partial charge in [-0.05, 0) is 42.0 Å². The summed E-state index contributed by atoms with van der Waals surface area (Å²) in [4.78, 5) is 0. The molecule has 3 aromatic carbocycles. The summed E-state index contributed by atoms with van der Waals surface area (Å²) in [6.45, 7) is 0.255. The van der Waals surface area contributed by atoms with Crippen molar-refractivity contribution >= 4 is 21.6 Å². The molecule has 2 atom stereocenters. The average Bonchev–Trinajstić information content (AvgIpc) is 3.40. The normalized spacial score (nSPS) is 21.3. The Morgan fingerprint density at radius 2 is 1.72 bits per heavy atom. The standard InChI is InChI=1S/C23H17BrN2O3/c24-16-8-5-14(6-9-16)18-12-19-17-3-1-2-4-20(17)29-23(26(19)25-18)15-7-10-21-22(11-15)28-13-27-21/h1-11,19,23H,12-13H2/t19-,23+/m1/s1. The first-order valence-corrected chi connectivity index (χ1v) is 10.3. The van der Waals surface area contributed by atoms with Crippen molar-refractivity contribution in [3.05, 3.63) is 87.9 Å². The quantitative estimate of drug-likeness (QED) is 0.524. The minimum atomic E-state index is -0.322. The Balaban J connectivity index is 1.44. The van der Waals surface area contributed by atoms with E-state index in [9.17, 15) is 0 Å². The first-order valence-electron chi connectivity index (χ1n) is 9.53. The van der Waals surface area contributed by atoms with E-state index < -0.39 is 0 Å². The van der Waals surface area contributed by atoms with Crippen molar-refractivity contribution in [3.8, 4) is 17.2 Å². The van der Waals surface area contributed by atoms with Crippen LogP contribution in [0, 0.1) is 0 Å². The Bertz CT molecular complexity index is 1130. The van der Waals surface area contributed by atoms with E-state index in [4.69, 9.17) is 19.3 Å². The largest absolute Gasteiger partial charge is 0.464 e. The second kappa shape index (κ2) is 6.52. The molecule has 6 rings (SSSR count). The predicted molar refractivity (Wildman–Crippen MR) is 112 cm³/mol. The average molecular weight is 449 g/mol. The maximum Gasteiger partial charge on any atom is 0.231 e. The second-order valence-electron chi connectivity index (χ2n) is 7.27. The van der Waals surface area contributed by atoms with Crippen LogP contribution in [0.3, 0.4) is 0 Å². The fraction of sp³-hybridized carbons (Fsp3) is 0.174. The molecule has 144 valence electrons. The number of hydrogen-bond acceptors (Lipinski definition) is 5. The minimum Gasteiger partial charge on any atom is -0.464 e. The molecular formula is C23H17BrN2O3. The van der Waals surface area contributed by atoms with Crippen LogP contribution in [-0.2, 0) is 0 Å². The summed E-state index contributed by atoms with van der Waals surface area (Å²) >= 11 is 3.51. The monoisotopic (exact) mass is 448 g/mol. The number of hydrogen-bond donors (Lipinski definition) is 0. The second-order valence-corrected chi connectivity index (χ2v) is 8.19. The number of nitrogens with zero attached hydrogens (tertiary/aromatic N) is 2. The summed E-state index contributed by atoms with van der Waals surface area (Å²) in [6.07, 6.45) is 0.514. The van der Waals surface area contributed by atoms with Gasteiger partial charge in [0.25, 0.3) is 0 Å². The van der Waals surface area contributed by atoms with Gasteiger partial charge in [-0.2, -0.15) is 5.10 Å². The molecule has 3 aromatic rings. The molecule has 0 saturated heterocycles. The van der Waals surface area contributed by atoms with Gasteiger partial charge in [-0.25, -0.2) is 5.01 Å². The molecule has 0 amide bonds. The van der Waals surface area contributed by atoms with Gasteiger partial charge in [-0.3, -0.25) is 0 Å². The summed E-state index contributed by atoms with van der Waals surface area (Å²) in [5, 5.41) is 7.08. The fourth-order valence-electron chi connectivity index (χ4n) is 4.14. The number of hydrazone groups is 1. The van der Waals surface area contributed by atoms with Crippen LogP contribution in [-0.4, -0.2) is 17.5 Å². The van der Waals surface area contributed by atoms with Crippen LogP contribution in [0.25, 0.3) is 0 Å². The molecule has 5 nitrogen and oxygen atoms in total. The smallest absolute Gasteiger partial charge is 0.231 e. The van der Waals surface area contributed by atoms with Crippen LogP contribution in [0.5, 0.6) is 17.2 Å². The molecule has 3 heterocycles. The molecule has 0 aromatic heterocycles. The number of rotatable bonds is 2. The van der Waals surface area contributed by atoms with Gasteiger partial charge >= 0.3 is 0 Å². The summed E-state index contributed by atoms with van der Waals surface area (Å²) in [6, 6.07) is 22.6. The molecule has 0 aliphatic carbocycles. The Kier molecular flexibility index (Phi) is 3.81. The van der Waals surface area contributed by atoms with Crippen molar-refractivity contribution in [2.45, 2.75) is 18.7 Å². The van der Waals surface area contributed by atoms with Crippen LogP contribution < -0.4 is 14.2 Å². The molecule has 3 aliphatic rings. The highest BCUT2D eigenvalue weighted by Crippen LogP contribution is 2.48. The van der Waals surface area contributed by atoms with Crippen LogP contribution >= 0.6 is 15.9 Å². The maximum absolute atomic E-state index is 6.41. The maximum atomic E-state index is 6.41. The van der Waals surface area contributed by atoms with E-state index >= 15 is 0 Å². The molecule has 0 fully saturated rings. The van der Waals surface area contributed by atoms with E-state index in [1.54, 1.807) is 0 Å². The highest BCUT2D eigenvalue weighted by molar-refractivity contribution is 9.10. The third-order valence-corrected chi connectivity index (χ3v) is 6.09. The Hall–Kier alpha value is -2.99. The van der Waals surface area contributed by atoms with Crippen LogP contribution in [0.2, 0.25) is 0 Å². The highest BCUT2D eigenvalue weighted by Gasteiger charge is 2.41. The van der Waals surface area contributed by atoms with Gasteiger partial charge in [-0.15, -0.1) is 0 Å². The van der Waals surface area contributed by atoms with Gasteiger partial charge in [0.15, 0.2) is 11.5 Å². The zero-order valence-corrected chi connectivity index (χ0v) is 17.0. The first-order chi connectivity index (χ1) is 14.3. The van der Waals surface area contributed by atoms with Crippen molar-refractivity contribution in [2.24, 2.45) is 5.10 Å². The van der Waals surface area contributed by atoms with Crippen molar-refractivity contribution in [1.29, 1.82) is 0 Å². The van der Waals surface area contributed by atoms with Crippen LogP contribution in [0.15, 0.2) is 76.3 Å². The van der Waals surface area contributed by atoms with Crippen molar-refractivity contribution in [3.63, 3.8) is 0 Å². The van der Waals surface area contributed by atoms with E-state index in [1.165, 1.54) is 5.56 Å². The van der Waals surface area contributed by atoms with Gasteiger partial charge in [0.2, 0.25) is 13.0 Å². The summed E-state index contributed by atoms with van der Waals surface area (Å²) in [5.41, 5.74) is 4.35. The topological polar surface area (TPSA) is 43.3 Å². The molecule has 0 radical (unpaired) electrons. The van der Waals surface area contributed by atoms with Crippen molar-refractivity contribution in [2.75, 3.05) is 6.79 Å². The van der Waals surface area contributed by atoms with E-state index in [-0.39, 0.29) is 19.1 Å². The third-order valence-electron chi connectivity index (χ3n) is 5.56. The summed E-state index contributed by atoms with van der Waals surface area (Å²) < 4.78 is 18.5. The number of para-hydroxylation sites is 1. The Labute approximate surface area is 176 Å². The van der Waals surface area contributed by atoms with E-state index in [2.05, 4.69) is 57.3 Å². The van der Waals surface area contributed by atoms with Gasteiger partial charge in [0.1, 0.15) is 5.75 Å². The Morgan fingerprint density at radius 1 is 0.897 bits per heavy atom. The minimum absolute atomic E-state index is 0.133. The lowest BCUT2D eigenvalue weighted by atomic mass is 9.96. The van der Waals surface area contributed by atoms with E-state index in [1.807, 2.05) is 30.3 Å². The first kappa shape index (κ1) is 16.9. The molecule has 29 heavy (non-hydrogen) atoms. The zero-order valence-electron chi connectivity index (χ0n) is 15.4. The van der Waals surface area contributed by atoms with Gasteiger partial charge in [-0.1, -0.05) is 46.3 Å². The van der Waals surface area contributed by atoms with Gasteiger partial charge < -0.3 is 14.2 Å². The zero-order chi connectivity index (χ0) is 19.4. The van der Waals surface area contributed by atoms with Crippen LogP contribution in [0.1, 0.15) is 35.4 Å². The lowest BCUT2D eigenvalue weighted by Crippen LogP contribution is -2.33. The number of halogens is 1. The summed E-state index contributed by atoms with van der Waals surface area (Å²) in [5.74, 6) is 2.42. The molecule has 6 heteroatoms. The Morgan fingerprint density at radius 3 is 2.62 bits per heavy atom. The fourth-order valence-corrected chi connectivity index (χ4v) is 4.40. The van der Waals surface area contributed by atoms with Gasteiger partial charge in [0.05, 0.1) is 11.8 Å². The molecular weight excluding hydrogens is 432 g/mol. The van der Waals surface area contributed by atoms with Gasteiger partial charge in [0, 0.05) is 22.0 Å².